The molecule has 1 saturated heterocycles. The van der Waals surface area contributed by atoms with Crippen LogP contribution < -0.4 is 20.7 Å². The van der Waals surface area contributed by atoms with Gasteiger partial charge in [-0.1, -0.05) is 26.5 Å². The van der Waals surface area contributed by atoms with E-state index in [1.54, 1.807) is 13.8 Å². The van der Waals surface area contributed by atoms with Crippen LogP contribution in [-0.4, -0.2) is 90.5 Å². The molecule has 2 aromatic carbocycles. The third kappa shape index (κ3) is 11.2. The number of nitrogens with one attached hydrogen (secondary N) is 4. The summed E-state index contributed by atoms with van der Waals surface area (Å²) in [7, 11) is 1.42. The maximum absolute atomic E-state index is 14.1. The van der Waals surface area contributed by atoms with Gasteiger partial charge in [0, 0.05) is 53.4 Å². The Balaban J connectivity index is 1.38. The summed E-state index contributed by atoms with van der Waals surface area (Å²) in [6.45, 7) is 8.58. The Morgan fingerprint density at radius 2 is 1.74 bits per heavy atom. The van der Waals surface area contributed by atoms with Crippen molar-refractivity contribution in [2.45, 2.75) is 65.0 Å². The summed E-state index contributed by atoms with van der Waals surface area (Å²) in [5.74, 6) is -3.51. The van der Waals surface area contributed by atoms with Gasteiger partial charge in [-0.15, -0.1) is 0 Å². The predicted molar refractivity (Wildman–Crippen MR) is 208 cm³/mol. The summed E-state index contributed by atoms with van der Waals surface area (Å²) in [5, 5.41) is 25.9. The number of aliphatic hydroxyl groups is 1. The molecule has 5 N–H and O–H groups in total. The van der Waals surface area contributed by atoms with Gasteiger partial charge in [-0.05, 0) is 67.3 Å². The van der Waals surface area contributed by atoms with E-state index in [-0.39, 0.29) is 58.9 Å². The van der Waals surface area contributed by atoms with E-state index in [9.17, 15) is 33.9 Å². The SMILES string of the molecule is C=Cc1cc(C(=O)Nc2ccc(C(=N)NC(=O)OC[C@@H]3C[C@@H](O)CC(=O)O3)cc2)c(-c2ccc(C(=O)NCC3CC3)nc2C(=O)OC(C)OC(=O)C(C)C)cc1OC. The summed E-state index contributed by atoms with van der Waals surface area (Å²) < 4.78 is 26.4. The molecule has 17 nitrogen and oxygen atoms in total. The lowest BCUT2D eigenvalue weighted by Gasteiger charge is -2.25. The molecule has 2 heterocycles. The highest BCUT2D eigenvalue weighted by molar-refractivity contribution is 6.11. The van der Waals surface area contributed by atoms with Crippen LogP contribution in [0, 0.1) is 17.2 Å². The fourth-order valence-corrected chi connectivity index (χ4v) is 5.74. The van der Waals surface area contributed by atoms with Gasteiger partial charge in [0.25, 0.3) is 11.8 Å². The molecule has 306 valence electrons. The lowest BCUT2D eigenvalue weighted by Crippen LogP contribution is -2.38. The summed E-state index contributed by atoms with van der Waals surface area (Å²) in [6.07, 6.45) is -0.524. The van der Waals surface area contributed by atoms with Crippen LogP contribution in [0.5, 0.6) is 5.75 Å². The van der Waals surface area contributed by atoms with Crippen molar-refractivity contribution < 1.29 is 57.6 Å². The first-order chi connectivity index (χ1) is 27.6. The molecular formula is C41H45N5O12. The minimum atomic E-state index is -1.31. The number of carbonyl (C=O) groups is 6. The monoisotopic (exact) mass is 799 g/mol. The molecule has 1 aromatic heterocycles. The molecule has 1 aliphatic heterocycles. The number of esters is 3. The Labute approximate surface area is 333 Å². The Bertz CT molecular complexity index is 2100. The number of amidine groups is 1. The van der Waals surface area contributed by atoms with Gasteiger partial charge in [0.05, 0.1) is 25.6 Å². The average molecular weight is 800 g/mol. The quantitative estimate of drug-likeness (QED) is 0.0464. The van der Waals surface area contributed by atoms with E-state index in [0.29, 0.717) is 29.5 Å². The van der Waals surface area contributed by atoms with Crippen LogP contribution in [0.15, 0.2) is 55.1 Å². The zero-order valence-corrected chi connectivity index (χ0v) is 32.4. The first-order valence-corrected chi connectivity index (χ1v) is 18.5. The van der Waals surface area contributed by atoms with Crippen LogP contribution in [0.4, 0.5) is 10.5 Å². The first kappa shape index (κ1) is 42.5. The van der Waals surface area contributed by atoms with Gasteiger partial charge in [-0.2, -0.15) is 0 Å². The standard InChI is InChI=1S/C41H45N5O12/c1-6-24-15-31(37(49)44-26-11-9-25(10-12-26)36(42)46-41(53)55-20-28-16-27(47)17-34(48)58-28)30(18-33(24)54-5)29-13-14-32(38(50)43-19-23-7-8-23)45-35(29)40(52)57-22(4)56-39(51)21(2)3/h6,9-15,18,21-23,27-28,47H,1,7-8,16-17,19-20H2,2-5H3,(H,43,50)(H,44,49)(H2,42,46,53)/t22?,27-,28+/m1/s1. The number of cyclic esters (lactones) is 1. The summed E-state index contributed by atoms with van der Waals surface area (Å²) in [6, 6.07) is 11.8. The number of alkyl carbamates (subject to hydrolysis) is 1. The van der Waals surface area contributed by atoms with Gasteiger partial charge in [0.2, 0.25) is 6.29 Å². The smallest absolute Gasteiger partial charge is 0.412 e. The highest BCUT2D eigenvalue weighted by atomic mass is 16.7. The van der Waals surface area contributed by atoms with Crippen molar-refractivity contribution in [3.05, 3.63) is 83.2 Å². The van der Waals surface area contributed by atoms with Crippen LogP contribution in [0.3, 0.4) is 0 Å². The van der Waals surface area contributed by atoms with E-state index < -0.39 is 60.2 Å². The predicted octanol–water partition coefficient (Wildman–Crippen LogP) is 4.61. The maximum atomic E-state index is 14.1. The van der Waals surface area contributed by atoms with Gasteiger partial charge in [0.15, 0.2) is 5.69 Å². The van der Waals surface area contributed by atoms with E-state index in [0.717, 1.165) is 12.8 Å². The molecule has 0 radical (unpaired) electrons. The molecule has 5 rings (SSSR count). The number of hydrogen-bond donors (Lipinski definition) is 5. The molecular weight excluding hydrogens is 754 g/mol. The van der Waals surface area contributed by atoms with Crippen molar-refractivity contribution >= 4 is 53.4 Å². The fourth-order valence-electron chi connectivity index (χ4n) is 5.74. The molecule has 1 unspecified atom stereocenters. The number of hydrogen-bond acceptors (Lipinski definition) is 14. The number of anilines is 1. The zero-order chi connectivity index (χ0) is 42.1. The Morgan fingerprint density at radius 1 is 1.02 bits per heavy atom. The average Bonchev–Trinajstić information content (AvgIpc) is 4.03. The maximum Gasteiger partial charge on any atom is 0.412 e. The lowest BCUT2D eigenvalue weighted by molar-refractivity contribution is -0.169. The van der Waals surface area contributed by atoms with Crippen LogP contribution in [0.25, 0.3) is 17.2 Å². The second-order valence-corrected chi connectivity index (χ2v) is 14.0. The molecule has 1 saturated carbocycles. The number of ether oxygens (including phenoxy) is 5. The van der Waals surface area contributed by atoms with Crippen LogP contribution in [0.2, 0.25) is 0 Å². The highest BCUT2D eigenvalue weighted by Gasteiger charge is 2.30. The number of pyridine rings is 1. The summed E-state index contributed by atoms with van der Waals surface area (Å²) >= 11 is 0. The van der Waals surface area contributed by atoms with Crippen LogP contribution >= 0.6 is 0 Å². The van der Waals surface area contributed by atoms with Crippen molar-refractivity contribution in [3.63, 3.8) is 0 Å². The van der Waals surface area contributed by atoms with E-state index in [2.05, 4.69) is 27.5 Å². The van der Waals surface area contributed by atoms with Crippen molar-refractivity contribution in [2.75, 3.05) is 25.6 Å². The van der Waals surface area contributed by atoms with E-state index in [1.807, 2.05) is 0 Å². The van der Waals surface area contributed by atoms with Gasteiger partial charge < -0.3 is 39.4 Å². The number of amides is 3. The van der Waals surface area contributed by atoms with Crippen molar-refractivity contribution in [2.24, 2.45) is 11.8 Å². The minimum Gasteiger partial charge on any atom is -0.496 e. The van der Waals surface area contributed by atoms with Crippen molar-refractivity contribution in [1.82, 2.24) is 15.6 Å². The molecule has 2 fully saturated rings. The number of methoxy groups -OCH3 is 1. The summed E-state index contributed by atoms with van der Waals surface area (Å²) in [5.41, 5.74) is 0.918. The molecule has 58 heavy (non-hydrogen) atoms. The highest BCUT2D eigenvalue weighted by Crippen LogP contribution is 2.35. The first-order valence-electron chi connectivity index (χ1n) is 18.5. The molecule has 0 bridgehead atoms. The third-order valence-corrected chi connectivity index (χ3v) is 9.01. The molecule has 3 amide bonds. The molecule has 3 aromatic rings. The van der Waals surface area contributed by atoms with Crippen LogP contribution in [0.1, 0.15) is 88.9 Å². The van der Waals surface area contributed by atoms with Crippen molar-refractivity contribution in [3.8, 4) is 16.9 Å². The topological polar surface area (TPSA) is 242 Å². The normalized spacial score (nSPS) is 16.6. The third-order valence-electron chi connectivity index (χ3n) is 9.01. The summed E-state index contributed by atoms with van der Waals surface area (Å²) in [4.78, 5) is 81.3. The zero-order valence-electron chi connectivity index (χ0n) is 32.4. The van der Waals surface area contributed by atoms with E-state index >= 15 is 0 Å². The Kier molecular flexibility index (Phi) is 13.9. The number of aromatic nitrogens is 1. The fraction of sp³-hybridized carbons (Fsp3) is 0.366. The van der Waals surface area contributed by atoms with Crippen LogP contribution in [-0.2, 0) is 28.5 Å². The number of benzene rings is 2. The molecule has 1 aliphatic carbocycles. The second-order valence-electron chi connectivity index (χ2n) is 14.0. The number of carbonyl (C=O) groups excluding carboxylic acids is 6. The van der Waals surface area contributed by atoms with Gasteiger partial charge in [-0.25, -0.2) is 14.6 Å². The molecule has 2 aliphatic rings. The van der Waals surface area contributed by atoms with Gasteiger partial charge in [0.1, 0.15) is 30.0 Å². The van der Waals surface area contributed by atoms with E-state index in [4.69, 9.17) is 29.1 Å². The Hall–Kier alpha value is -6.62. The molecule has 3 atom stereocenters. The number of rotatable bonds is 15. The minimum absolute atomic E-state index is 0.0502. The number of aliphatic hydroxyl groups excluding tert-OH is 1. The largest absolute Gasteiger partial charge is 0.496 e. The van der Waals surface area contributed by atoms with Crippen molar-refractivity contribution in [1.29, 1.82) is 5.41 Å². The lowest BCUT2D eigenvalue weighted by atomic mass is 9.94. The Morgan fingerprint density at radius 3 is 2.38 bits per heavy atom. The second kappa shape index (κ2) is 19.0. The molecule has 17 heteroatoms. The van der Waals surface area contributed by atoms with Gasteiger partial charge >= 0.3 is 24.0 Å². The van der Waals surface area contributed by atoms with Gasteiger partial charge in [-0.3, -0.25) is 29.9 Å². The molecule has 0 spiro atoms. The number of nitrogens with zero attached hydrogens (tertiary/aromatic N) is 1. The van der Waals surface area contributed by atoms with E-state index in [1.165, 1.54) is 68.6 Å².